The van der Waals surface area contributed by atoms with Crippen LogP contribution in [-0.4, -0.2) is 140 Å². The summed E-state index contributed by atoms with van der Waals surface area (Å²) in [6.45, 7) is 24.2. The van der Waals surface area contributed by atoms with Crippen LogP contribution in [0.25, 0.3) is 32.4 Å². The summed E-state index contributed by atoms with van der Waals surface area (Å²) >= 11 is 0. The number of aliphatic hydroxyl groups is 2. The number of aromatic nitrogens is 6. The van der Waals surface area contributed by atoms with Crippen LogP contribution in [0.2, 0.25) is 0 Å². The van der Waals surface area contributed by atoms with E-state index in [-0.39, 0.29) is 35.5 Å². The molecule has 2 saturated carbocycles. The molecule has 6 aromatic rings. The lowest BCUT2D eigenvalue weighted by atomic mass is 9.60. The summed E-state index contributed by atoms with van der Waals surface area (Å²) in [5, 5.41) is 49.0. The zero-order chi connectivity index (χ0) is 60.8. The number of amides is 2. The van der Waals surface area contributed by atoms with Crippen LogP contribution in [0.5, 0.6) is 0 Å². The summed E-state index contributed by atoms with van der Waals surface area (Å²) in [6.07, 6.45) is 6.15. The molecule has 4 aromatic carbocycles. The monoisotopic (exact) mass is 1170 g/mol. The zero-order valence-corrected chi connectivity index (χ0v) is 49.8. The number of ether oxygens (including phenoxy) is 2. The summed E-state index contributed by atoms with van der Waals surface area (Å²) in [5.41, 5.74) is 9.07. The fourth-order valence-corrected chi connectivity index (χ4v) is 15.4. The first kappa shape index (κ1) is 59.1. The van der Waals surface area contributed by atoms with E-state index in [4.69, 9.17) is 22.6 Å². The smallest absolute Gasteiger partial charge is 0.311 e. The molecule has 0 bridgehead atoms. The number of nitrogens with zero attached hydrogens (tertiary/aromatic N) is 11. The average molecular weight is 1170 g/mol. The predicted octanol–water partition coefficient (Wildman–Crippen LogP) is 7.61. The Balaban J connectivity index is 0.000000179. The van der Waals surface area contributed by atoms with Crippen LogP contribution >= 0.6 is 0 Å². The second-order valence-corrected chi connectivity index (χ2v) is 24.6. The molecule has 12 rings (SSSR count). The van der Waals surface area contributed by atoms with Gasteiger partial charge in [0, 0.05) is 55.4 Å². The number of carbonyl (C=O) groups excluding carboxylic acids is 4. The normalized spacial score (nSPS) is 28.0. The van der Waals surface area contributed by atoms with Gasteiger partial charge in [-0.25, -0.2) is 0 Å². The number of para-hydroxylation sites is 2. The van der Waals surface area contributed by atoms with Crippen molar-refractivity contribution < 1.29 is 38.9 Å². The zero-order valence-electron chi connectivity index (χ0n) is 49.8. The van der Waals surface area contributed by atoms with Gasteiger partial charge in [0.2, 0.25) is 11.8 Å². The first-order valence-electron chi connectivity index (χ1n) is 29.7. The number of hydrogen-bond donors (Lipinski definition) is 4. The minimum atomic E-state index is -1.07. The van der Waals surface area contributed by atoms with Gasteiger partial charge in [0.25, 0.3) is 0 Å². The molecule has 2 aliphatic carbocycles. The summed E-state index contributed by atoms with van der Waals surface area (Å²) in [5.74, 6) is -2.89. The molecule has 2 amide bonds. The summed E-state index contributed by atoms with van der Waals surface area (Å²) < 4.78 is 13.8. The van der Waals surface area contributed by atoms with E-state index in [1.807, 2.05) is 104 Å². The number of benzene rings is 4. The molecule has 12 atom stereocenters. The lowest BCUT2D eigenvalue weighted by Crippen LogP contribution is -2.60. The van der Waals surface area contributed by atoms with Crippen LogP contribution in [-0.2, 0) is 52.6 Å². The van der Waals surface area contributed by atoms with Crippen LogP contribution in [0.1, 0.15) is 79.2 Å². The number of nitrogens with one attached hydrogen (secondary N) is 2. The fraction of sp³-hybridized carbons (Fsp3) is 0.477. The van der Waals surface area contributed by atoms with E-state index in [1.165, 1.54) is 25.3 Å². The molecule has 6 aliphatic rings. The molecule has 0 spiro atoms. The average Bonchev–Trinajstić information content (AvgIpc) is 1.58. The highest BCUT2D eigenvalue weighted by Gasteiger charge is 2.63. The molecular formula is C65H75N13O8. The van der Waals surface area contributed by atoms with E-state index >= 15 is 0 Å². The molecule has 4 fully saturated rings. The molecule has 21 heteroatoms. The number of anilines is 3. The van der Waals surface area contributed by atoms with Gasteiger partial charge < -0.3 is 35.2 Å². The highest BCUT2D eigenvalue weighted by atomic mass is 16.5. The predicted molar refractivity (Wildman–Crippen MR) is 321 cm³/mol. The Morgan fingerprint density at radius 3 is 1.57 bits per heavy atom. The second-order valence-electron chi connectivity index (χ2n) is 24.6. The van der Waals surface area contributed by atoms with Crippen LogP contribution in [0.3, 0.4) is 0 Å². The largest absolute Gasteiger partial charge is 0.469 e. The van der Waals surface area contributed by atoms with Crippen LogP contribution in [0.15, 0.2) is 97.3 Å². The summed E-state index contributed by atoms with van der Waals surface area (Å²) in [6, 6.07) is 26.6. The maximum absolute atomic E-state index is 14.1. The number of hydrogen-bond acceptors (Lipinski definition) is 15. The number of aryl methyl sites for hydroxylation is 5. The van der Waals surface area contributed by atoms with Gasteiger partial charge in [-0.1, -0.05) is 65.0 Å². The maximum Gasteiger partial charge on any atom is 0.311 e. The molecular weight excluding hydrogens is 1090 g/mol. The molecule has 0 unspecified atom stereocenters. The van der Waals surface area contributed by atoms with Crippen molar-refractivity contribution in [3.05, 3.63) is 148 Å². The third-order valence-electron chi connectivity index (χ3n) is 20.0. The fourth-order valence-electron chi connectivity index (χ4n) is 15.4. The Hall–Kier alpha value is -8.66. The minimum absolute atomic E-state index is 0.0476. The quantitative estimate of drug-likeness (QED) is 0.0644. The summed E-state index contributed by atoms with van der Waals surface area (Å²) in [4.78, 5) is 63.9. The lowest BCUT2D eigenvalue weighted by molar-refractivity contribution is -0.161. The third-order valence-corrected chi connectivity index (χ3v) is 20.0. The van der Waals surface area contributed by atoms with Gasteiger partial charge in [-0.2, -0.15) is 23.1 Å². The van der Waals surface area contributed by atoms with Crippen LogP contribution in [0, 0.1) is 69.4 Å². The molecule has 0 radical (unpaired) electrons. The van der Waals surface area contributed by atoms with Crippen molar-refractivity contribution >= 4 is 40.8 Å². The molecule has 448 valence electrons. The number of carbonyl (C=O) groups is 4. The summed E-state index contributed by atoms with van der Waals surface area (Å²) in [7, 11) is 6.67. The first-order valence-corrected chi connectivity index (χ1v) is 29.7. The van der Waals surface area contributed by atoms with E-state index in [1.54, 1.807) is 19.4 Å². The third kappa shape index (κ3) is 10.5. The van der Waals surface area contributed by atoms with E-state index in [9.17, 15) is 29.4 Å². The van der Waals surface area contributed by atoms with Gasteiger partial charge in [0.1, 0.15) is 34.3 Å². The molecule has 2 aromatic heterocycles. The van der Waals surface area contributed by atoms with E-state index in [0.717, 1.165) is 56.3 Å². The second kappa shape index (κ2) is 24.0. The Morgan fingerprint density at radius 1 is 0.651 bits per heavy atom. The Bertz CT molecular complexity index is 3630. The standard InChI is InChI=1S/C33H38N6O4.C32H37N7O4/c1-19-14-21(3)23(15-20(19)2)27-18-38(37-36-27)13-12-33(25-8-6-7-9-26(25)35-32(33)42)29-16-24-22(17-39(29)34-4)10-11-28(40)30(24)31(41)43-5;1-33-39-18-21-11-14-27(40)29(30(41)43-4)23(21)17-28(39)32(24-7-5-6-8-25(24)34-31(32)42)15-16-38-19-26(35-36-38)20-9-12-22(13-10-20)37(2)3/h6-9,14-15,18,22,24,28-30,40H,10-13,16-17H2,1-3,5H3,(H,35,42);5-10,12-13,19,21,23,27-29,40H,11,14-18H2,2-4H3,(H,34,42)/t22-,24-,28-,29-,30+,33-;21-,23-,27-,28-,29+,32-/m00/s1. The number of methoxy groups -OCH3 is 2. The Morgan fingerprint density at radius 2 is 1.10 bits per heavy atom. The van der Waals surface area contributed by atoms with Crippen molar-refractivity contribution in [1.29, 1.82) is 0 Å². The maximum atomic E-state index is 14.1. The van der Waals surface area contributed by atoms with Crippen molar-refractivity contribution in [2.75, 3.05) is 56.9 Å². The number of aliphatic hydroxyl groups excluding tert-OH is 2. The van der Waals surface area contributed by atoms with Gasteiger partial charge in [-0.15, -0.1) is 20.2 Å². The SMILES string of the molecule is [C-]#[N+]N1C[C@@H]2CC[C@H](O)[C@H](C(=O)OC)[C@H]2C[C@H]1[C@@]1(CCn2cc(-c3cc(C)c(C)cc3C)nn2)C(=O)Nc2ccccc21.[C-]#[N+]N1C[C@@H]2CC[C@H](O)[C@H](C(=O)OC)[C@H]2C[C@H]1[C@@]1(CCn2cc(-c3ccc(N(C)C)cc3)nn2)C(=O)Nc2ccccc21. The highest BCUT2D eigenvalue weighted by molar-refractivity contribution is 6.07. The molecule has 86 heavy (non-hydrogen) atoms. The molecule has 2 saturated heterocycles. The molecule has 4 N–H and O–H groups in total. The van der Waals surface area contributed by atoms with Gasteiger partial charge >= 0.3 is 11.9 Å². The van der Waals surface area contributed by atoms with Gasteiger partial charge in [-0.05, 0) is 154 Å². The molecule has 4 aliphatic heterocycles. The first-order chi connectivity index (χ1) is 41.4. The highest BCUT2D eigenvalue weighted by Crippen LogP contribution is 2.54. The number of fused-ring (bicyclic) bond motifs is 4. The van der Waals surface area contributed by atoms with Crippen molar-refractivity contribution in [2.24, 2.45) is 35.5 Å². The van der Waals surface area contributed by atoms with Crippen molar-refractivity contribution in [2.45, 2.75) is 120 Å². The Kier molecular flexibility index (Phi) is 16.5. The molecule has 21 nitrogen and oxygen atoms in total. The molecule has 6 heterocycles. The van der Waals surface area contributed by atoms with E-state index in [0.29, 0.717) is 77.5 Å². The van der Waals surface area contributed by atoms with E-state index < -0.39 is 58.9 Å². The number of piperidine rings is 2. The van der Waals surface area contributed by atoms with Crippen molar-refractivity contribution in [3.8, 4) is 22.5 Å². The van der Waals surface area contributed by atoms with E-state index in [2.05, 4.69) is 74.1 Å². The lowest BCUT2D eigenvalue weighted by Gasteiger charge is -2.49. The van der Waals surface area contributed by atoms with Crippen LogP contribution in [0.4, 0.5) is 17.1 Å². The minimum Gasteiger partial charge on any atom is -0.469 e. The van der Waals surface area contributed by atoms with Gasteiger partial charge in [-0.3, -0.25) is 28.5 Å². The van der Waals surface area contributed by atoms with Crippen molar-refractivity contribution in [3.63, 3.8) is 0 Å². The number of rotatable bonds is 13. The Labute approximate surface area is 501 Å². The van der Waals surface area contributed by atoms with Gasteiger partial charge in [0.05, 0.1) is 63.7 Å². The van der Waals surface area contributed by atoms with Crippen molar-refractivity contribution in [1.82, 2.24) is 40.0 Å². The van der Waals surface area contributed by atoms with Gasteiger partial charge in [0.15, 0.2) is 0 Å². The number of esters is 2. The van der Waals surface area contributed by atoms with Crippen LogP contribution < -0.4 is 15.5 Å². The topological polar surface area (TPSA) is 231 Å².